The smallest absolute Gasteiger partial charge is 0.326 e. The van der Waals surface area contributed by atoms with Crippen LogP contribution in [0.4, 0.5) is 0 Å². The highest BCUT2D eigenvalue weighted by atomic mass is 16.2. The highest BCUT2D eigenvalue weighted by Gasteiger charge is 2.16. The molecule has 3 aromatic rings. The molecule has 0 fully saturated rings. The molecule has 6 heteroatoms. The largest absolute Gasteiger partial charge is 0.328 e. The van der Waals surface area contributed by atoms with Gasteiger partial charge in [0.2, 0.25) is 0 Å². The summed E-state index contributed by atoms with van der Waals surface area (Å²) in [4.78, 5) is 31.4. The summed E-state index contributed by atoms with van der Waals surface area (Å²) in [6, 6.07) is 10.9. The van der Waals surface area contributed by atoms with Crippen LogP contribution in [0.1, 0.15) is 5.56 Å². The van der Waals surface area contributed by atoms with Crippen LogP contribution in [0.15, 0.2) is 58.4 Å². The van der Waals surface area contributed by atoms with Crippen molar-refractivity contribution in [1.29, 1.82) is 0 Å². The predicted molar refractivity (Wildman–Crippen MR) is 88.9 cm³/mol. The summed E-state index contributed by atoms with van der Waals surface area (Å²) in [5, 5.41) is 0. The Morgan fingerprint density at radius 3 is 2.57 bits per heavy atom. The summed E-state index contributed by atoms with van der Waals surface area (Å²) in [6.45, 7) is 0.377. The van der Waals surface area contributed by atoms with E-state index in [0.717, 1.165) is 21.3 Å². The molecule has 0 saturated heterocycles. The maximum absolute atomic E-state index is 12.7. The first-order valence-electron chi connectivity index (χ1n) is 7.15. The average molecular weight is 308 g/mol. The summed E-state index contributed by atoms with van der Waals surface area (Å²) in [5.74, 6) is 0. The van der Waals surface area contributed by atoms with Crippen molar-refractivity contribution in [3.8, 4) is 22.4 Å². The first-order chi connectivity index (χ1) is 11.1. The number of rotatable bonds is 3. The Balaban J connectivity index is 2.37. The Morgan fingerprint density at radius 1 is 1.13 bits per heavy atom. The second kappa shape index (κ2) is 6.02. The Morgan fingerprint density at radius 2 is 1.87 bits per heavy atom. The third-order valence-electron chi connectivity index (χ3n) is 3.73. The van der Waals surface area contributed by atoms with Crippen LogP contribution in [0.25, 0.3) is 22.4 Å². The van der Waals surface area contributed by atoms with Crippen LogP contribution in [0.5, 0.6) is 0 Å². The van der Waals surface area contributed by atoms with E-state index < -0.39 is 5.69 Å². The number of benzene rings is 1. The molecule has 0 amide bonds. The standard InChI is InChI=1S/C17H16N4O2/c1-21-16(22)14(13-4-2-3-11(9-13)10-18)15(20-17(21)23)12-5-7-19-8-6-12/h2-9H,10,18H2,1H3,(H,20,23). The second-order valence-electron chi connectivity index (χ2n) is 5.18. The van der Waals surface area contributed by atoms with Crippen LogP contribution in [-0.4, -0.2) is 14.5 Å². The average Bonchev–Trinajstić information content (AvgIpc) is 2.60. The fourth-order valence-corrected chi connectivity index (χ4v) is 2.48. The first kappa shape index (κ1) is 14.9. The lowest BCUT2D eigenvalue weighted by Crippen LogP contribution is -2.34. The van der Waals surface area contributed by atoms with Crippen molar-refractivity contribution in [2.24, 2.45) is 12.8 Å². The van der Waals surface area contributed by atoms with E-state index in [2.05, 4.69) is 9.97 Å². The van der Waals surface area contributed by atoms with Crippen molar-refractivity contribution >= 4 is 0 Å². The van der Waals surface area contributed by atoms with Gasteiger partial charge in [-0.3, -0.25) is 14.3 Å². The molecule has 0 aliphatic carbocycles. The molecule has 0 saturated carbocycles. The lowest BCUT2D eigenvalue weighted by molar-refractivity contribution is 0.781. The zero-order chi connectivity index (χ0) is 16.4. The van der Waals surface area contributed by atoms with Crippen molar-refractivity contribution in [1.82, 2.24) is 14.5 Å². The first-order valence-corrected chi connectivity index (χ1v) is 7.15. The third-order valence-corrected chi connectivity index (χ3v) is 3.73. The van der Waals surface area contributed by atoms with Crippen LogP contribution in [-0.2, 0) is 13.6 Å². The lowest BCUT2D eigenvalue weighted by atomic mass is 9.99. The number of hydrogen-bond acceptors (Lipinski definition) is 4. The Bertz CT molecular complexity index is 958. The normalized spacial score (nSPS) is 10.7. The number of hydrogen-bond donors (Lipinski definition) is 2. The maximum atomic E-state index is 12.7. The molecule has 6 nitrogen and oxygen atoms in total. The van der Waals surface area contributed by atoms with E-state index in [-0.39, 0.29) is 5.56 Å². The van der Waals surface area contributed by atoms with E-state index in [0.29, 0.717) is 17.8 Å². The predicted octanol–water partition coefficient (Wildman–Crippen LogP) is 1.26. The number of nitrogens with two attached hydrogens (primary N) is 1. The number of nitrogens with one attached hydrogen (secondary N) is 1. The van der Waals surface area contributed by atoms with Gasteiger partial charge in [-0.25, -0.2) is 4.79 Å². The summed E-state index contributed by atoms with van der Waals surface area (Å²) in [6.07, 6.45) is 3.23. The maximum Gasteiger partial charge on any atom is 0.328 e. The van der Waals surface area contributed by atoms with Gasteiger partial charge in [0.25, 0.3) is 5.56 Å². The summed E-state index contributed by atoms with van der Waals surface area (Å²) >= 11 is 0. The third kappa shape index (κ3) is 2.72. The van der Waals surface area contributed by atoms with Gasteiger partial charge in [-0.2, -0.15) is 0 Å². The summed E-state index contributed by atoms with van der Waals surface area (Å²) < 4.78 is 1.06. The Kier molecular flexibility index (Phi) is 3.91. The van der Waals surface area contributed by atoms with Gasteiger partial charge in [-0.15, -0.1) is 0 Å². The van der Waals surface area contributed by atoms with Gasteiger partial charge in [-0.1, -0.05) is 18.2 Å². The van der Waals surface area contributed by atoms with E-state index in [9.17, 15) is 9.59 Å². The van der Waals surface area contributed by atoms with Crippen LogP contribution in [0.3, 0.4) is 0 Å². The quantitative estimate of drug-likeness (QED) is 0.761. The van der Waals surface area contributed by atoms with Crippen molar-refractivity contribution in [3.63, 3.8) is 0 Å². The Labute approximate surface area is 132 Å². The fraction of sp³-hybridized carbons (Fsp3) is 0.118. The highest BCUT2D eigenvalue weighted by Crippen LogP contribution is 2.26. The molecule has 3 rings (SSSR count). The van der Waals surface area contributed by atoms with Crippen molar-refractivity contribution in [2.75, 3.05) is 0 Å². The molecule has 0 bridgehead atoms. The molecule has 0 radical (unpaired) electrons. The zero-order valence-electron chi connectivity index (χ0n) is 12.6. The molecule has 23 heavy (non-hydrogen) atoms. The molecular formula is C17H16N4O2. The number of nitrogens with zero attached hydrogens (tertiary/aromatic N) is 2. The summed E-state index contributed by atoms with van der Waals surface area (Å²) in [7, 11) is 1.45. The van der Waals surface area contributed by atoms with E-state index in [4.69, 9.17) is 5.73 Å². The van der Waals surface area contributed by atoms with E-state index in [1.165, 1.54) is 7.05 Å². The molecule has 0 aliphatic rings. The number of aromatic nitrogens is 3. The lowest BCUT2D eigenvalue weighted by Gasteiger charge is -2.11. The molecule has 116 valence electrons. The molecule has 0 aliphatic heterocycles. The van der Waals surface area contributed by atoms with Crippen molar-refractivity contribution in [2.45, 2.75) is 6.54 Å². The minimum Gasteiger partial charge on any atom is -0.326 e. The molecular weight excluding hydrogens is 292 g/mol. The number of pyridine rings is 1. The molecule has 0 atom stereocenters. The summed E-state index contributed by atoms with van der Waals surface area (Å²) in [5.41, 5.74) is 8.16. The molecule has 1 aromatic carbocycles. The molecule has 3 N–H and O–H groups in total. The van der Waals surface area contributed by atoms with Gasteiger partial charge >= 0.3 is 5.69 Å². The van der Waals surface area contributed by atoms with E-state index in [1.54, 1.807) is 24.5 Å². The number of H-pyrrole nitrogens is 1. The van der Waals surface area contributed by atoms with Gasteiger partial charge < -0.3 is 10.7 Å². The van der Waals surface area contributed by atoms with Crippen LogP contribution >= 0.6 is 0 Å². The second-order valence-corrected chi connectivity index (χ2v) is 5.18. The highest BCUT2D eigenvalue weighted by molar-refractivity contribution is 5.80. The topological polar surface area (TPSA) is 93.8 Å². The molecule has 2 heterocycles. The van der Waals surface area contributed by atoms with Crippen LogP contribution < -0.4 is 17.0 Å². The van der Waals surface area contributed by atoms with Gasteiger partial charge in [0, 0.05) is 31.5 Å². The monoisotopic (exact) mass is 308 g/mol. The van der Waals surface area contributed by atoms with Gasteiger partial charge in [0.15, 0.2) is 0 Å². The van der Waals surface area contributed by atoms with Crippen molar-refractivity contribution in [3.05, 3.63) is 75.2 Å². The zero-order valence-corrected chi connectivity index (χ0v) is 12.6. The van der Waals surface area contributed by atoms with Gasteiger partial charge in [0.05, 0.1) is 11.3 Å². The molecule has 0 unspecified atom stereocenters. The minimum absolute atomic E-state index is 0.352. The van der Waals surface area contributed by atoms with Gasteiger partial charge in [0.1, 0.15) is 0 Å². The SMILES string of the molecule is Cn1c(=O)[nH]c(-c2ccncc2)c(-c2cccc(CN)c2)c1=O. The Hall–Kier alpha value is -2.99. The van der Waals surface area contributed by atoms with Crippen molar-refractivity contribution < 1.29 is 0 Å². The fourth-order valence-electron chi connectivity index (χ4n) is 2.48. The molecule has 0 spiro atoms. The van der Waals surface area contributed by atoms with Crippen LogP contribution in [0.2, 0.25) is 0 Å². The number of aromatic amines is 1. The van der Waals surface area contributed by atoms with E-state index >= 15 is 0 Å². The van der Waals surface area contributed by atoms with E-state index in [1.807, 2.05) is 24.3 Å². The van der Waals surface area contributed by atoms with Crippen LogP contribution in [0, 0.1) is 0 Å². The minimum atomic E-state index is -0.458. The molecule has 2 aromatic heterocycles. The van der Waals surface area contributed by atoms with Gasteiger partial charge in [-0.05, 0) is 29.3 Å².